The minimum Gasteiger partial charge on any atom is -0.447 e. The molecule has 1 N–H and O–H groups in total. The highest BCUT2D eigenvalue weighted by molar-refractivity contribution is 7.89. The summed E-state index contributed by atoms with van der Waals surface area (Å²) in [6.45, 7) is 0.594. The molecule has 158 valence electrons. The van der Waals surface area contributed by atoms with E-state index in [1.54, 1.807) is 24.3 Å². The van der Waals surface area contributed by atoms with E-state index in [1.165, 1.54) is 4.90 Å². The van der Waals surface area contributed by atoms with Crippen molar-refractivity contribution in [3.05, 3.63) is 54.1 Å². The van der Waals surface area contributed by atoms with Crippen LogP contribution < -0.4 is 14.4 Å². The lowest BCUT2D eigenvalue weighted by molar-refractivity contribution is -0.274. The highest BCUT2D eigenvalue weighted by atomic mass is 32.2. The first-order valence-corrected chi connectivity index (χ1v) is 10.0. The van der Waals surface area contributed by atoms with Crippen LogP contribution in [0.4, 0.5) is 23.7 Å². The number of carbonyl (C=O) groups excluding carboxylic acids is 1. The maximum atomic E-state index is 12.2. The molecular formula is C19H15F3N2O5S. The number of alkyl halides is 3. The first-order chi connectivity index (χ1) is 14.1. The van der Waals surface area contributed by atoms with Crippen LogP contribution in [0, 0.1) is 11.8 Å². The maximum Gasteiger partial charge on any atom is 0.573 e. The summed E-state index contributed by atoms with van der Waals surface area (Å²) in [5, 5.41) is 0. The Kier molecular flexibility index (Phi) is 6.19. The van der Waals surface area contributed by atoms with Crippen LogP contribution in [-0.2, 0) is 14.8 Å². The number of ether oxygens (including phenoxy) is 2. The molecule has 11 heteroatoms. The molecule has 3 rings (SSSR count). The molecule has 1 fully saturated rings. The lowest BCUT2D eigenvalue weighted by Gasteiger charge is -2.11. The van der Waals surface area contributed by atoms with E-state index in [1.807, 2.05) is 0 Å². The highest BCUT2D eigenvalue weighted by Gasteiger charge is 2.31. The number of cyclic esters (lactones) is 1. The van der Waals surface area contributed by atoms with E-state index in [9.17, 15) is 26.4 Å². The van der Waals surface area contributed by atoms with Gasteiger partial charge in [-0.2, -0.15) is 4.72 Å². The number of anilines is 1. The summed E-state index contributed by atoms with van der Waals surface area (Å²) in [6.07, 6.45) is -5.27. The Bertz CT molecular complexity index is 1070. The Morgan fingerprint density at radius 3 is 2.33 bits per heavy atom. The van der Waals surface area contributed by atoms with Crippen LogP contribution in [-0.4, -0.2) is 40.6 Å². The van der Waals surface area contributed by atoms with Gasteiger partial charge in [-0.05, 0) is 48.5 Å². The van der Waals surface area contributed by atoms with Gasteiger partial charge in [-0.15, -0.1) is 13.2 Å². The molecule has 0 unspecified atom stereocenters. The second kappa shape index (κ2) is 8.64. The van der Waals surface area contributed by atoms with Gasteiger partial charge in [-0.1, -0.05) is 11.8 Å². The fraction of sp³-hybridized carbons (Fsp3) is 0.211. The molecule has 0 radical (unpaired) electrons. The van der Waals surface area contributed by atoms with Crippen molar-refractivity contribution in [2.45, 2.75) is 11.3 Å². The van der Waals surface area contributed by atoms with Crippen molar-refractivity contribution in [2.24, 2.45) is 0 Å². The Balaban J connectivity index is 1.57. The molecule has 1 aliphatic heterocycles. The number of sulfonamides is 1. The van der Waals surface area contributed by atoms with Crippen LogP contribution in [0.25, 0.3) is 0 Å². The van der Waals surface area contributed by atoms with E-state index >= 15 is 0 Å². The molecule has 2 aromatic carbocycles. The summed E-state index contributed by atoms with van der Waals surface area (Å²) in [5.74, 6) is 4.90. The zero-order valence-electron chi connectivity index (χ0n) is 15.3. The Labute approximate surface area is 170 Å². The van der Waals surface area contributed by atoms with Crippen molar-refractivity contribution in [3.63, 3.8) is 0 Å². The van der Waals surface area contributed by atoms with Gasteiger partial charge in [0.1, 0.15) is 12.4 Å². The molecule has 0 atom stereocenters. The highest BCUT2D eigenvalue weighted by Crippen LogP contribution is 2.24. The van der Waals surface area contributed by atoms with Crippen LogP contribution in [0.5, 0.6) is 5.75 Å². The number of rotatable bonds is 5. The molecule has 1 saturated heterocycles. The second-order valence-electron chi connectivity index (χ2n) is 5.96. The molecule has 1 aliphatic rings. The molecular weight excluding hydrogens is 425 g/mol. The molecule has 0 bridgehead atoms. The number of benzene rings is 2. The monoisotopic (exact) mass is 440 g/mol. The smallest absolute Gasteiger partial charge is 0.447 e. The lowest BCUT2D eigenvalue weighted by Crippen LogP contribution is -2.24. The first kappa shape index (κ1) is 21.5. The minimum atomic E-state index is -4.86. The second-order valence-corrected chi connectivity index (χ2v) is 7.73. The number of halogens is 3. The van der Waals surface area contributed by atoms with Crippen molar-refractivity contribution in [1.29, 1.82) is 0 Å². The summed E-state index contributed by atoms with van der Waals surface area (Å²) >= 11 is 0. The molecule has 1 heterocycles. The SMILES string of the molecule is O=C1OCCN1c1ccc(C#CCNS(=O)(=O)c2ccc(OC(F)(F)F)cc2)cc1. The average Bonchev–Trinajstić information content (AvgIpc) is 3.11. The summed E-state index contributed by atoms with van der Waals surface area (Å²) in [4.78, 5) is 12.8. The number of hydrogen-bond donors (Lipinski definition) is 1. The van der Waals surface area contributed by atoms with E-state index in [4.69, 9.17) is 4.74 Å². The quantitative estimate of drug-likeness (QED) is 0.723. The van der Waals surface area contributed by atoms with E-state index in [-0.39, 0.29) is 11.4 Å². The van der Waals surface area contributed by atoms with E-state index in [0.29, 0.717) is 24.4 Å². The zero-order chi connectivity index (χ0) is 21.8. The summed E-state index contributed by atoms with van der Waals surface area (Å²) in [6, 6.07) is 10.6. The molecule has 7 nitrogen and oxygen atoms in total. The predicted octanol–water partition coefficient (Wildman–Crippen LogP) is 2.87. The lowest BCUT2D eigenvalue weighted by atomic mass is 10.2. The largest absolute Gasteiger partial charge is 0.573 e. The summed E-state index contributed by atoms with van der Waals surface area (Å²) in [7, 11) is -3.95. The van der Waals surface area contributed by atoms with E-state index in [0.717, 1.165) is 24.3 Å². The Morgan fingerprint density at radius 2 is 1.77 bits per heavy atom. The topological polar surface area (TPSA) is 84.9 Å². The van der Waals surface area contributed by atoms with Gasteiger partial charge in [0.2, 0.25) is 10.0 Å². The number of nitrogens with zero attached hydrogens (tertiary/aromatic N) is 1. The molecule has 0 saturated carbocycles. The van der Waals surface area contributed by atoms with Crippen molar-refractivity contribution in [1.82, 2.24) is 4.72 Å². The van der Waals surface area contributed by atoms with Gasteiger partial charge in [-0.25, -0.2) is 13.2 Å². The van der Waals surface area contributed by atoms with E-state index < -0.39 is 28.2 Å². The molecule has 1 amide bonds. The van der Waals surface area contributed by atoms with Crippen molar-refractivity contribution in [2.75, 3.05) is 24.6 Å². The number of carbonyl (C=O) groups is 1. The molecule has 0 spiro atoms. The van der Waals surface area contributed by atoms with Gasteiger partial charge in [0.25, 0.3) is 0 Å². The number of hydrogen-bond acceptors (Lipinski definition) is 5. The van der Waals surface area contributed by atoms with Crippen LogP contribution >= 0.6 is 0 Å². The van der Waals surface area contributed by atoms with E-state index in [2.05, 4.69) is 21.3 Å². The summed E-state index contributed by atoms with van der Waals surface area (Å²) in [5.41, 5.74) is 1.28. The van der Waals surface area contributed by atoms with Gasteiger partial charge in [0.05, 0.1) is 18.0 Å². The zero-order valence-corrected chi connectivity index (χ0v) is 16.1. The molecule has 0 aliphatic carbocycles. The standard InChI is InChI=1S/C19H15F3N2O5S/c20-19(21,22)29-16-7-9-17(10-8-16)30(26,27)23-11-1-2-14-3-5-15(6-4-14)24-12-13-28-18(24)25/h3-10,23H,11-13H2. The summed E-state index contributed by atoms with van der Waals surface area (Å²) < 4.78 is 71.6. The third kappa shape index (κ3) is 5.65. The third-order valence-electron chi connectivity index (χ3n) is 3.89. The van der Waals surface area contributed by atoms with Crippen LogP contribution in [0.2, 0.25) is 0 Å². The van der Waals surface area contributed by atoms with Crippen molar-refractivity contribution >= 4 is 21.8 Å². The van der Waals surface area contributed by atoms with Gasteiger partial charge in [-0.3, -0.25) is 4.90 Å². The number of amides is 1. The first-order valence-electron chi connectivity index (χ1n) is 8.53. The number of nitrogens with one attached hydrogen (secondary N) is 1. The molecule has 0 aromatic heterocycles. The van der Waals surface area contributed by atoms with Gasteiger partial charge in [0, 0.05) is 11.3 Å². The minimum absolute atomic E-state index is 0.205. The van der Waals surface area contributed by atoms with Crippen LogP contribution in [0.1, 0.15) is 5.56 Å². The third-order valence-corrected chi connectivity index (χ3v) is 5.31. The fourth-order valence-corrected chi connectivity index (χ4v) is 3.46. The van der Waals surface area contributed by atoms with Crippen LogP contribution in [0.3, 0.4) is 0 Å². The fourth-order valence-electron chi connectivity index (χ4n) is 2.53. The van der Waals surface area contributed by atoms with Crippen molar-refractivity contribution in [3.8, 4) is 17.6 Å². The van der Waals surface area contributed by atoms with Gasteiger partial charge in [0.15, 0.2) is 0 Å². The Hall–Kier alpha value is -3.23. The Morgan fingerprint density at radius 1 is 1.10 bits per heavy atom. The van der Waals surface area contributed by atoms with Gasteiger partial charge >= 0.3 is 12.5 Å². The molecule has 2 aromatic rings. The average molecular weight is 440 g/mol. The van der Waals surface area contributed by atoms with Crippen LogP contribution in [0.15, 0.2) is 53.4 Å². The van der Waals surface area contributed by atoms with Gasteiger partial charge < -0.3 is 9.47 Å². The maximum absolute atomic E-state index is 12.2. The predicted molar refractivity (Wildman–Crippen MR) is 100 cm³/mol. The molecule has 30 heavy (non-hydrogen) atoms. The van der Waals surface area contributed by atoms with Crippen molar-refractivity contribution < 1.29 is 35.9 Å². The normalized spacial score (nSPS) is 14.1.